The van der Waals surface area contributed by atoms with Crippen molar-refractivity contribution in [3.05, 3.63) is 35.5 Å². The molecule has 0 saturated carbocycles. The van der Waals surface area contributed by atoms with Gasteiger partial charge in [-0.1, -0.05) is 18.2 Å². The fourth-order valence-electron chi connectivity index (χ4n) is 2.93. The molecule has 2 heterocycles. The van der Waals surface area contributed by atoms with E-state index >= 15 is 0 Å². The summed E-state index contributed by atoms with van der Waals surface area (Å²) in [5, 5.41) is 1.02. The third kappa shape index (κ3) is 2.25. The number of ether oxygens (including phenoxy) is 1. The van der Waals surface area contributed by atoms with Gasteiger partial charge in [-0.25, -0.2) is 0 Å². The van der Waals surface area contributed by atoms with Crippen molar-refractivity contribution >= 4 is 16.7 Å². The maximum Gasteiger partial charge on any atom is 0.182 e. The van der Waals surface area contributed by atoms with Crippen LogP contribution in [0.3, 0.4) is 0 Å². The predicted molar refractivity (Wildman–Crippen MR) is 79.2 cm³/mol. The highest BCUT2D eigenvalue weighted by Crippen LogP contribution is 2.24. The maximum atomic E-state index is 12.8. The van der Waals surface area contributed by atoms with Crippen LogP contribution in [0.4, 0.5) is 0 Å². The van der Waals surface area contributed by atoms with E-state index in [2.05, 4.69) is 9.88 Å². The molecule has 0 spiro atoms. The van der Waals surface area contributed by atoms with Crippen LogP contribution in [-0.2, 0) is 4.74 Å². The number of carbonyl (C=O) groups excluding carboxylic acids is 1. The molecule has 1 saturated heterocycles. The second-order valence-corrected chi connectivity index (χ2v) is 5.36. The number of aryl methyl sites for hydroxylation is 1. The molecule has 4 nitrogen and oxygen atoms in total. The van der Waals surface area contributed by atoms with Crippen LogP contribution in [0.15, 0.2) is 24.3 Å². The van der Waals surface area contributed by atoms with Gasteiger partial charge in [-0.15, -0.1) is 0 Å². The molecule has 0 aliphatic carbocycles. The van der Waals surface area contributed by atoms with E-state index in [1.54, 1.807) is 0 Å². The minimum Gasteiger partial charge on any atom is -0.379 e. The largest absolute Gasteiger partial charge is 0.379 e. The van der Waals surface area contributed by atoms with Gasteiger partial charge in [0.25, 0.3) is 0 Å². The minimum absolute atomic E-state index is 0.100. The fourth-order valence-corrected chi connectivity index (χ4v) is 2.93. The van der Waals surface area contributed by atoms with Crippen molar-refractivity contribution in [1.29, 1.82) is 0 Å². The number of fused-ring (bicyclic) bond motifs is 1. The molecular weight excluding hydrogens is 252 g/mol. The van der Waals surface area contributed by atoms with Crippen molar-refractivity contribution < 1.29 is 9.53 Å². The van der Waals surface area contributed by atoms with Gasteiger partial charge in [0.1, 0.15) is 0 Å². The van der Waals surface area contributed by atoms with Gasteiger partial charge in [0.15, 0.2) is 5.78 Å². The fraction of sp³-hybridized carbons (Fsp3) is 0.438. The van der Waals surface area contributed by atoms with Crippen molar-refractivity contribution in [3.8, 4) is 0 Å². The molecule has 0 bridgehead atoms. The van der Waals surface area contributed by atoms with Crippen molar-refractivity contribution in [2.75, 3.05) is 26.3 Å². The molecule has 1 aliphatic rings. The number of nitrogens with zero attached hydrogens (tertiary/aromatic N) is 1. The van der Waals surface area contributed by atoms with Crippen LogP contribution in [0.1, 0.15) is 23.0 Å². The first-order chi connectivity index (χ1) is 9.68. The van der Waals surface area contributed by atoms with Gasteiger partial charge in [-0.2, -0.15) is 0 Å². The number of rotatable bonds is 3. The average Bonchev–Trinajstić information content (AvgIpc) is 2.82. The van der Waals surface area contributed by atoms with E-state index in [1.165, 1.54) is 0 Å². The van der Waals surface area contributed by atoms with Crippen LogP contribution in [0, 0.1) is 6.92 Å². The number of carbonyl (C=O) groups is 1. The van der Waals surface area contributed by atoms with E-state index in [0.717, 1.165) is 35.2 Å². The molecule has 1 aromatic heterocycles. The summed E-state index contributed by atoms with van der Waals surface area (Å²) >= 11 is 0. The Labute approximate surface area is 118 Å². The molecule has 1 aromatic carbocycles. The maximum absolute atomic E-state index is 12.8. The summed E-state index contributed by atoms with van der Waals surface area (Å²) in [6.45, 7) is 7.05. The summed E-state index contributed by atoms with van der Waals surface area (Å²) in [5.74, 6) is 0.196. The van der Waals surface area contributed by atoms with Crippen molar-refractivity contribution in [2.24, 2.45) is 0 Å². The first-order valence-electron chi connectivity index (χ1n) is 7.12. The molecule has 1 aliphatic heterocycles. The molecule has 3 rings (SSSR count). The normalized spacial score (nSPS) is 18.3. The number of aromatic nitrogens is 1. The highest BCUT2D eigenvalue weighted by Gasteiger charge is 2.27. The lowest BCUT2D eigenvalue weighted by molar-refractivity contribution is 0.0209. The Bertz CT molecular complexity index is 626. The summed E-state index contributed by atoms with van der Waals surface area (Å²) in [6.07, 6.45) is 0. The lowest BCUT2D eigenvalue weighted by Gasteiger charge is -2.31. The Kier molecular flexibility index (Phi) is 3.59. The summed E-state index contributed by atoms with van der Waals surface area (Å²) in [6, 6.07) is 7.89. The standard InChI is InChI=1S/C16H20N2O2/c1-11-15(13-5-3-4-6-14(13)17-11)16(19)12(2)18-7-9-20-10-8-18/h3-6,12,17H,7-10H2,1-2H3/t12-/m1/s1. The zero-order valence-electron chi connectivity index (χ0n) is 12.0. The first-order valence-corrected chi connectivity index (χ1v) is 7.12. The summed E-state index contributed by atoms with van der Waals surface area (Å²) in [5.41, 5.74) is 2.82. The van der Waals surface area contributed by atoms with Crippen molar-refractivity contribution in [2.45, 2.75) is 19.9 Å². The number of Topliss-reactive ketones (excluding diaryl/α,β-unsaturated/α-hetero) is 1. The number of hydrogen-bond donors (Lipinski definition) is 1. The molecular formula is C16H20N2O2. The lowest BCUT2D eigenvalue weighted by atomic mass is 10.0. The van der Waals surface area contributed by atoms with Gasteiger partial charge < -0.3 is 9.72 Å². The Balaban J connectivity index is 1.93. The molecule has 1 fully saturated rings. The van der Waals surface area contributed by atoms with E-state index in [4.69, 9.17) is 4.74 Å². The van der Waals surface area contributed by atoms with Gasteiger partial charge in [0.2, 0.25) is 0 Å². The second kappa shape index (κ2) is 5.38. The number of nitrogens with one attached hydrogen (secondary N) is 1. The monoisotopic (exact) mass is 272 g/mol. The molecule has 20 heavy (non-hydrogen) atoms. The van der Waals surface area contributed by atoms with Gasteiger partial charge in [-0.3, -0.25) is 9.69 Å². The minimum atomic E-state index is -0.100. The van der Waals surface area contributed by atoms with Gasteiger partial charge in [0, 0.05) is 35.2 Å². The Hall–Kier alpha value is -1.65. The molecule has 1 atom stereocenters. The SMILES string of the molecule is Cc1[nH]c2ccccc2c1C(=O)[C@@H](C)N1CCOCC1. The van der Waals surface area contributed by atoms with E-state index in [-0.39, 0.29) is 11.8 Å². The summed E-state index contributed by atoms with van der Waals surface area (Å²) < 4.78 is 5.36. The van der Waals surface area contributed by atoms with Crippen molar-refractivity contribution in [1.82, 2.24) is 9.88 Å². The quantitative estimate of drug-likeness (QED) is 0.873. The number of hydrogen-bond acceptors (Lipinski definition) is 3. The average molecular weight is 272 g/mol. The van der Waals surface area contributed by atoms with Crippen LogP contribution in [0.25, 0.3) is 10.9 Å². The van der Waals surface area contributed by atoms with Gasteiger partial charge in [0.05, 0.1) is 19.3 Å². The Morgan fingerprint density at radius 2 is 2.00 bits per heavy atom. The number of benzene rings is 1. The van der Waals surface area contributed by atoms with E-state index in [0.29, 0.717) is 13.2 Å². The second-order valence-electron chi connectivity index (χ2n) is 5.36. The number of morpholine rings is 1. The molecule has 0 amide bonds. The third-order valence-electron chi connectivity index (χ3n) is 4.11. The highest BCUT2D eigenvalue weighted by molar-refractivity contribution is 6.11. The van der Waals surface area contributed by atoms with Crippen LogP contribution < -0.4 is 0 Å². The molecule has 106 valence electrons. The first kappa shape index (κ1) is 13.3. The predicted octanol–water partition coefficient (Wildman–Crippen LogP) is 2.38. The highest BCUT2D eigenvalue weighted by atomic mass is 16.5. The van der Waals surface area contributed by atoms with E-state index in [1.807, 2.05) is 38.1 Å². The number of aromatic amines is 1. The number of para-hydroxylation sites is 1. The zero-order valence-corrected chi connectivity index (χ0v) is 12.0. The number of H-pyrrole nitrogens is 1. The number of ketones is 1. The van der Waals surface area contributed by atoms with Gasteiger partial charge in [-0.05, 0) is 19.9 Å². The molecule has 0 unspecified atom stereocenters. The topological polar surface area (TPSA) is 45.3 Å². The van der Waals surface area contributed by atoms with E-state index < -0.39 is 0 Å². The molecule has 0 radical (unpaired) electrons. The lowest BCUT2D eigenvalue weighted by Crippen LogP contribution is -2.45. The van der Waals surface area contributed by atoms with Crippen molar-refractivity contribution in [3.63, 3.8) is 0 Å². The van der Waals surface area contributed by atoms with Crippen LogP contribution >= 0.6 is 0 Å². The van der Waals surface area contributed by atoms with Gasteiger partial charge >= 0.3 is 0 Å². The molecule has 2 aromatic rings. The van der Waals surface area contributed by atoms with E-state index in [9.17, 15) is 4.79 Å². The molecule has 4 heteroatoms. The summed E-state index contributed by atoms with van der Waals surface area (Å²) in [4.78, 5) is 18.3. The van der Waals surface area contributed by atoms with Crippen LogP contribution in [-0.4, -0.2) is 48.0 Å². The summed E-state index contributed by atoms with van der Waals surface area (Å²) in [7, 11) is 0. The Morgan fingerprint density at radius 3 is 2.75 bits per heavy atom. The smallest absolute Gasteiger partial charge is 0.182 e. The molecule has 1 N–H and O–H groups in total. The third-order valence-corrected chi connectivity index (χ3v) is 4.11. The van der Waals surface area contributed by atoms with Crippen LogP contribution in [0.5, 0.6) is 0 Å². The Morgan fingerprint density at radius 1 is 1.30 bits per heavy atom. The van der Waals surface area contributed by atoms with Crippen LogP contribution in [0.2, 0.25) is 0 Å². The zero-order chi connectivity index (χ0) is 14.1.